The molecule has 1 aromatic heterocycles. The van der Waals surface area contributed by atoms with Gasteiger partial charge in [0.1, 0.15) is 72.7 Å². The summed E-state index contributed by atoms with van der Waals surface area (Å²) >= 11 is 0. The number of nitrogens with zero attached hydrogens (tertiary/aromatic N) is 1. The molecule has 0 radical (unpaired) electrons. The van der Waals surface area contributed by atoms with Crippen molar-refractivity contribution in [2.45, 2.75) is 195 Å². The van der Waals surface area contributed by atoms with Gasteiger partial charge in [0.15, 0.2) is 25.0 Å². The maximum Gasteiger partial charge on any atom is 0.341 e. The third-order valence-electron chi connectivity index (χ3n) is 17.0. The number of hydrogen-bond donors (Lipinski definition) is 9. The fraction of sp³-hybridized carbons (Fsp3) is 0.690. The van der Waals surface area contributed by atoms with Crippen LogP contribution in [0.3, 0.4) is 0 Å². The number of esters is 1. The average Bonchev–Trinajstić information content (AvgIpc) is 3.43. The standard InChI is InChI=1S/C58H80N2O22/c1-3-32-24-35(52(69)59-19-22-73-56-47(68)49(43(64)40(27-61)79-56)74-29-36-25-34-17-10-11-18-37(34)77-55(36)72)26-38(48(32)82-57-46(67)45(66)42(63)30(2)75-57)78-58-51(81-54(71)33-15-8-5-9-16-33)50(44(65)41(28-62)80-58)76-39(53(70)60-20-12-21-60)23-31-13-6-4-7-14-31/h5,8-11,15-18,25,30-32,35,38-51,56-58,61-68H,3-4,6-7,12-14,19-24,26-29H2,1-2H3,(H,59,69)/t30?,32?,35?,38-,39+,40?,41?,42-,43-,44+,45?,46?,47?,48?,49?,50?,51?,56+,57+,58-/m1/s1. The number of amides is 2. The van der Waals surface area contributed by atoms with Gasteiger partial charge < -0.3 is 98.1 Å². The van der Waals surface area contributed by atoms with E-state index in [-0.39, 0.29) is 55.6 Å². The summed E-state index contributed by atoms with van der Waals surface area (Å²) in [6.07, 6.45) is -19.5. The first-order valence-electron chi connectivity index (χ1n) is 28.9. The number of rotatable bonds is 22. The SMILES string of the molecule is CCC1CC(C(=O)NCCO[C@H]2OC(CO)[C@@H](O)C(OCc3cc4ccccc4oc3=O)C2O)C[C@@H](O[C@@H]2OC(CO)[C@H](O)C(O[C@@H](CC3CCCCC3)C(=O)N3CCC3)C2OC(=O)c2ccccc2)C1O[C@@H]1OC(C)[C@@H](O)C(O)C1O. The van der Waals surface area contributed by atoms with E-state index in [0.29, 0.717) is 36.9 Å². The molecule has 4 aliphatic heterocycles. The first-order valence-corrected chi connectivity index (χ1v) is 28.9. The van der Waals surface area contributed by atoms with Gasteiger partial charge >= 0.3 is 11.6 Å². The van der Waals surface area contributed by atoms with Crippen molar-refractivity contribution in [3.05, 3.63) is 82.2 Å². The Morgan fingerprint density at radius 1 is 0.720 bits per heavy atom. The minimum Gasteiger partial charge on any atom is -0.450 e. The highest BCUT2D eigenvalue weighted by Gasteiger charge is 2.55. The van der Waals surface area contributed by atoms with Crippen LogP contribution in [-0.4, -0.2) is 213 Å². The molecule has 9 rings (SSSR count). The van der Waals surface area contributed by atoms with Crippen molar-refractivity contribution in [3.63, 3.8) is 0 Å². The van der Waals surface area contributed by atoms with Crippen LogP contribution in [0.2, 0.25) is 0 Å². The molecule has 82 heavy (non-hydrogen) atoms. The molecule has 24 heteroatoms. The summed E-state index contributed by atoms with van der Waals surface area (Å²) in [4.78, 5) is 57.2. The second-order valence-electron chi connectivity index (χ2n) is 22.5. The highest BCUT2D eigenvalue weighted by atomic mass is 16.7. The van der Waals surface area contributed by atoms with Crippen LogP contribution in [0.4, 0.5) is 0 Å². The van der Waals surface area contributed by atoms with Crippen molar-refractivity contribution in [3.8, 4) is 0 Å². The molecule has 4 saturated heterocycles. The third-order valence-corrected chi connectivity index (χ3v) is 17.0. The molecular formula is C58H80N2O22. The van der Waals surface area contributed by atoms with Crippen molar-refractivity contribution in [2.24, 2.45) is 17.8 Å². The molecular weight excluding hydrogens is 1080 g/mol. The largest absolute Gasteiger partial charge is 0.450 e. The summed E-state index contributed by atoms with van der Waals surface area (Å²) in [6, 6.07) is 16.5. The fourth-order valence-electron chi connectivity index (χ4n) is 12.1. The van der Waals surface area contributed by atoms with Crippen LogP contribution >= 0.6 is 0 Å². The zero-order chi connectivity index (χ0) is 58.2. The van der Waals surface area contributed by atoms with Gasteiger partial charge in [0.25, 0.3) is 5.91 Å². The van der Waals surface area contributed by atoms with Crippen LogP contribution in [0, 0.1) is 17.8 Å². The third kappa shape index (κ3) is 14.4. The molecule has 24 nitrogen and oxygen atoms in total. The fourth-order valence-corrected chi connectivity index (χ4v) is 12.1. The highest BCUT2D eigenvalue weighted by Crippen LogP contribution is 2.41. The molecule has 0 bridgehead atoms. The van der Waals surface area contributed by atoms with Crippen LogP contribution < -0.4 is 10.9 Å². The van der Waals surface area contributed by atoms with Crippen LogP contribution in [0.25, 0.3) is 11.0 Å². The van der Waals surface area contributed by atoms with Crippen LogP contribution in [0.5, 0.6) is 0 Å². The lowest BCUT2D eigenvalue weighted by atomic mass is 9.75. The minimum atomic E-state index is -1.73. The number of hydrogen-bond acceptors (Lipinski definition) is 22. The molecule has 2 aliphatic carbocycles. The van der Waals surface area contributed by atoms with Gasteiger partial charge in [-0.3, -0.25) is 9.59 Å². The number of para-hydroxylation sites is 1. The van der Waals surface area contributed by atoms with Gasteiger partial charge in [-0.2, -0.15) is 0 Å². The molecule has 6 fully saturated rings. The lowest BCUT2D eigenvalue weighted by Gasteiger charge is -2.49. The Morgan fingerprint density at radius 3 is 2.11 bits per heavy atom. The number of aliphatic hydroxyl groups is 8. The number of benzene rings is 2. The van der Waals surface area contributed by atoms with Gasteiger partial charge in [0, 0.05) is 30.9 Å². The molecule has 2 saturated carbocycles. The molecule has 6 aliphatic rings. The van der Waals surface area contributed by atoms with Crippen LogP contribution in [0.15, 0.2) is 69.9 Å². The molecule has 3 aromatic rings. The van der Waals surface area contributed by atoms with Crippen molar-refractivity contribution in [1.29, 1.82) is 0 Å². The van der Waals surface area contributed by atoms with E-state index in [9.17, 15) is 60.0 Å². The first-order chi connectivity index (χ1) is 39.6. The smallest absolute Gasteiger partial charge is 0.341 e. The summed E-state index contributed by atoms with van der Waals surface area (Å²) in [5, 5.41) is 91.4. The topological polar surface area (TPSA) is 342 Å². The van der Waals surface area contributed by atoms with Crippen molar-refractivity contribution in [1.82, 2.24) is 10.2 Å². The summed E-state index contributed by atoms with van der Waals surface area (Å²) in [6.45, 7) is 2.19. The zero-order valence-electron chi connectivity index (χ0n) is 46.2. The van der Waals surface area contributed by atoms with Crippen LogP contribution in [-0.2, 0) is 58.8 Å². The monoisotopic (exact) mass is 1160 g/mol. The Balaban J connectivity index is 0.941. The Labute approximate surface area is 474 Å². The van der Waals surface area contributed by atoms with Gasteiger partial charge in [-0.15, -0.1) is 0 Å². The molecule has 12 unspecified atom stereocenters. The molecule has 0 spiro atoms. The van der Waals surface area contributed by atoms with Gasteiger partial charge in [0.2, 0.25) is 5.91 Å². The minimum absolute atomic E-state index is 0.116. The Bertz CT molecular complexity index is 2600. The number of fused-ring (bicyclic) bond motifs is 1. The molecule has 9 N–H and O–H groups in total. The predicted molar refractivity (Wildman–Crippen MR) is 285 cm³/mol. The Morgan fingerprint density at radius 2 is 1.41 bits per heavy atom. The van der Waals surface area contributed by atoms with E-state index < -0.39 is 153 Å². The number of likely N-dealkylation sites (tertiary alicyclic amines) is 1. The molecule has 2 aromatic carbocycles. The molecule has 2 amide bonds. The number of aliphatic hydroxyl groups excluding tert-OH is 8. The highest BCUT2D eigenvalue weighted by molar-refractivity contribution is 5.89. The Hall–Kier alpha value is -4.58. The van der Waals surface area contributed by atoms with E-state index in [1.807, 2.05) is 6.92 Å². The van der Waals surface area contributed by atoms with Gasteiger partial charge in [-0.1, -0.05) is 81.8 Å². The number of ether oxygens (including phenoxy) is 9. The number of carbonyl (C=O) groups excluding carboxylic acids is 3. The van der Waals surface area contributed by atoms with E-state index in [1.54, 1.807) is 53.4 Å². The molecule has 5 heterocycles. The van der Waals surface area contributed by atoms with Gasteiger partial charge in [0.05, 0.1) is 55.9 Å². The van der Waals surface area contributed by atoms with E-state index >= 15 is 0 Å². The van der Waals surface area contributed by atoms with E-state index in [4.69, 9.17) is 47.0 Å². The zero-order valence-corrected chi connectivity index (χ0v) is 46.2. The second kappa shape index (κ2) is 28.5. The van der Waals surface area contributed by atoms with Crippen molar-refractivity contribution < 1.29 is 102 Å². The number of nitrogens with one attached hydrogen (secondary N) is 1. The second-order valence-corrected chi connectivity index (χ2v) is 22.5. The average molecular weight is 1160 g/mol. The van der Waals surface area contributed by atoms with E-state index in [0.717, 1.165) is 38.5 Å². The number of carbonyl (C=O) groups is 3. The van der Waals surface area contributed by atoms with Crippen molar-refractivity contribution >= 4 is 28.8 Å². The summed E-state index contributed by atoms with van der Waals surface area (Å²) in [5.74, 6) is -2.86. The summed E-state index contributed by atoms with van der Waals surface area (Å²) < 4.78 is 61.4. The Kier molecular flexibility index (Phi) is 21.6. The normalized spacial score (nSPS) is 35.8. The maximum atomic E-state index is 14.4. The molecule has 20 atom stereocenters. The lowest BCUT2D eigenvalue weighted by molar-refractivity contribution is -0.349. The predicted octanol–water partition coefficient (Wildman–Crippen LogP) is 0.544. The molecule has 454 valence electrons. The lowest BCUT2D eigenvalue weighted by Crippen LogP contribution is -2.64. The quantitative estimate of drug-likeness (QED) is 0.0377. The van der Waals surface area contributed by atoms with E-state index in [2.05, 4.69) is 5.32 Å². The van der Waals surface area contributed by atoms with Gasteiger partial charge in [-0.05, 0) is 68.7 Å². The van der Waals surface area contributed by atoms with Gasteiger partial charge in [-0.25, -0.2) is 9.59 Å². The van der Waals surface area contributed by atoms with Crippen molar-refractivity contribution in [2.75, 3.05) is 39.5 Å². The first kappa shape index (κ1) is 62.0. The van der Waals surface area contributed by atoms with E-state index in [1.165, 1.54) is 19.1 Å². The maximum absolute atomic E-state index is 14.4. The van der Waals surface area contributed by atoms with Crippen LogP contribution in [0.1, 0.15) is 94.0 Å². The summed E-state index contributed by atoms with van der Waals surface area (Å²) in [7, 11) is 0. The summed E-state index contributed by atoms with van der Waals surface area (Å²) in [5.41, 5.74) is -0.0661.